The molecule has 0 spiro atoms. The van der Waals surface area contributed by atoms with E-state index in [0.29, 0.717) is 29.1 Å². The number of hydrogen-bond donors (Lipinski definition) is 1. The van der Waals surface area contributed by atoms with Crippen molar-refractivity contribution >= 4 is 17.7 Å². The number of halogens is 1. The SMILES string of the molecule is COc1ccc(C(C)(C)c2cnc(SCC(=O)NCCC(C)C)n2-c2ccc(F)cc2)cc1OC. The minimum absolute atomic E-state index is 0.0370. The van der Waals surface area contributed by atoms with Gasteiger partial charge in [-0.2, -0.15) is 0 Å². The van der Waals surface area contributed by atoms with Crippen LogP contribution in [0.25, 0.3) is 5.69 Å². The maximum absolute atomic E-state index is 13.7. The van der Waals surface area contributed by atoms with Gasteiger partial charge in [0.15, 0.2) is 16.7 Å². The van der Waals surface area contributed by atoms with E-state index in [1.807, 2.05) is 29.0 Å². The molecule has 0 aliphatic heterocycles. The van der Waals surface area contributed by atoms with Crippen LogP contribution in [-0.2, 0) is 10.2 Å². The third-order valence-corrected chi connectivity index (χ3v) is 6.89. The van der Waals surface area contributed by atoms with Crippen molar-refractivity contribution in [3.05, 3.63) is 65.7 Å². The highest BCUT2D eigenvalue weighted by Crippen LogP contribution is 2.39. The Bertz CT molecular complexity index is 1140. The maximum Gasteiger partial charge on any atom is 0.230 e. The first-order valence-electron chi connectivity index (χ1n) is 11.6. The molecular formula is C27H34FN3O3S. The number of carbonyl (C=O) groups excluding carboxylic acids is 1. The fourth-order valence-corrected chi connectivity index (χ4v) is 4.59. The summed E-state index contributed by atoms with van der Waals surface area (Å²) in [6, 6.07) is 12.1. The summed E-state index contributed by atoms with van der Waals surface area (Å²) in [6.07, 6.45) is 2.75. The van der Waals surface area contributed by atoms with Crippen LogP contribution in [0.1, 0.15) is 45.4 Å². The Hall–Kier alpha value is -3.00. The largest absolute Gasteiger partial charge is 0.493 e. The average Bonchev–Trinajstić information content (AvgIpc) is 3.27. The number of ether oxygens (including phenoxy) is 2. The van der Waals surface area contributed by atoms with E-state index in [1.165, 1.54) is 23.9 Å². The van der Waals surface area contributed by atoms with Gasteiger partial charge in [-0.05, 0) is 54.3 Å². The van der Waals surface area contributed by atoms with E-state index in [1.54, 1.807) is 26.4 Å². The van der Waals surface area contributed by atoms with Crippen molar-refractivity contribution < 1.29 is 18.7 Å². The molecule has 188 valence electrons. The van der Waals surface area contributed by atoms with Gasteiger partial charge < -0.3 is 14.8 Å². The van der Waals surface area contributed by atoms with Crippen molar-refractivity contribution in [2.24, 2.45) is 5.92 Å². The summed E-state index contributed by atoms with van der Waals surface area (Å²) in [5, 5.41) is 3.63. The van der Waals surface area contributed by atoms with Gasteiger partial charge in [0.1, 0.15) is 5.82 Å². The second-order valence-electron chi connectivity index (χ2n) is 9.25. The van der Waals surface area contributed by atoms with Crippen molar-refractivity contribution in [2.75, 3.05) is 26.5 Å². The molecule has 1 aromatic heterocycles. The lowest BCUT2D eigenvalue weighted by atomic mass is 9.81. The smallest absolute Gasteiger partial charge is 0.230 e. The van der Waals surface area contributed by atoms with Crippen LogP contribution in [0, 0.1) is 11.7 Å². The molecule has 1 amide bonds. The molecular weight excluding hydrogens is 465 g/mol. The third kappa shape index (κ3) is 6.36. The summed E-state index contributed by atoms with van der Waals surface area (Å²) >= 11 is 1.36. The van der Waals surface area contributed by atoms with Crippen molar-refractivity contribution in [3.8, 4) is 17.2 Å². The number of aromatic nitrogens is 2. The first kappa shape index (κ1) is 26.6. The monoisotopic (exact) mass is 499 g/mol. The Morgan fingerprint density at radius 1 is 1.11 bits per heavy atom. The molecule has 0 bridgehead atoms. The first-order chi connectivity index (χ1) is 16.7. The standard InChI is InChI=1S/C27H34FN3O3S/c1-18(2)13-14-29-25(32)17-35-26-30-16-24(31(26)21-10-8-20(28)9-11-21)27(3,4)19-7-12-22(33-5)23(15-19)34-6/h7-12,15-16,18H,13-14,17H2,1-6H3,(H,29,32). The number of amides is 1. The normalized spacial score (nSPS) is 11.5. The van der Waals surface area contributed by atoms with Crippen molar-refractivity contribution in [1.82, 2.24) is 14.9 Å². The lowest BCUT2D eigenvalue weighted by Crippen LogP contribution is -2.27. The number of benzene rings is 2. The summed E-state index contributed by atoms with van der Waals surface area (Å²) in [7, 11) is 3.22. The number of thioether (sulfide) groups is 1. The molecule has 1 heterocycles. The lowest BCUT2D eigenvalue weighted by Gasteiger charge is -2.28. The Kier molecular flexibility index (Phi) is 8.83. The van der Waals surface area contributed by atoms with Crippen LogP contribution < -0.4 is 14.8 Å². The summed E-state index contributed by atoms with van der Waals surface area (Å²) in [6.45, 7) is 9.10. The van der Waals surface area contributed by atoms with Gasteiger partial charge in [-0.1, -0.05) is 45.5 Å². The van der Waals surface area contributed by atoms with Gasteiger partial charge in [0.2, 0.25) is 5.91 Å². The van der Waals surface area contributed by atoms with Crippen molar-refractivity contribution in [1.29, 1.82) is 0 Å². The molecule has 0 atom stereocenters. The van der Waals surface area contributed by atoms with Gasteiger partial charge in [-0.3, -0.25) is 9.36 Å². The Balaban J connectivity index is 1.96. The van der Waals surface area contributed by atoms with Crippen LogP contribution in [0.4, 0.5) is 4.39 Å². The fourth-order valence-electron chi connectivity index (χ4n) is 3.77. The molecule has 6 nitrogen and oxygen atoms in total. The zero-order valence-electron chi connectivity index (χ0n) is 21.2. The summed E-state index contributed by atoms with van der Waals surface area (Å²) in [5.41, 5.74) is 2.19. The molecule has 0 saturated heterocycles. The second kappa shape index (κ2) is 11.6. The lowest BCUT2D eigenvalue weighted by molar-refractivity contribution is -0.118. The molecule has 3 rings (SSSR count). The van der Waals surface area contributed by atoms with Crippen LogP contribution >= 0.6 is 11.8 Å². The molecule has 3 aromatic rings. The molecule has 1 N–H and O–H groups in total. The molecule has 0 unspecified atom stereocenters. The maximum atomic E-state index is 13.7. The van der Waals surface area contributed by atoms with E-state index in [9.17, 15) is 9.18 Å². The van der Waals surface area contributed by atoms with Gasteiger partial charge in [-0.25, -0.2) is 9.37 Å². The first-order valence-corrected chi connectivity index (χ1v) is 12.6. The zero-order chi connectivity index (χ0) is 25.6. The van der Waals surface area contributed by atoms with Crippen LogP contribution in [0.15, 0.2) is 53.8 Å². The number of hydrogen-bond acceptors (Lipinski definition) is 5. The highest BCUT2D eigenvalue weighted by Gasteiger charge is 2.30. The number of imidazole rings is 1. The Labute approximate surface area is 211 Å². The molecule has 0 fully saturated rings. The molecule has 0 radical (unpaired) electrons. The number of nitrogens with zero attached hydrogens (tertiary/aromatic N) is 2. The van der Waals surface area contributed by atoms with Crippen LogP contribution in [0.2, 0.25) is 0 Å². The minimum atomic E-state index is -0.487. The van der Waals surface area contributed by atoms with E-state index in [-0.39, 0.29) is 17.5 Å². The highest BCUT2D eigenvalue weighted by atomic mass is 32.2. The quantitative estimate of drug-likeness (QED) is 0.348. The molecule has 0 aliphatic carbocycles. The molecule has 0 aliphatic rings. The number of carbonyl (C=O) groups is 1. The third-order valence-electron chi connectivity index (χ3n) is 5.94. The zero-order valence-corrected chi connectivity index (χ0v) is 22.0. The van der Waals surface area contributed by atoms with Gasteiger partial charge in [-0.15, -0.1) is 0 Å². The predicted molar refractivity (Wildman–Crippen MR) is 138 cm³/mol. The van der Waals surface area contributed by atoms with E-state index in [0.717, 1.165) is 23.4 Å². The predicted octanol–water partition coefficient (Wildman–Crippen LogP) is 5.61. The molecule has 35 heavy (non-hydrogen) atoms. The van der Waals surface area contributed by atoms with Gasteiger partial charge in [0, 0.05) is 17.6 Å². The average molecular weight is 500 g/mol. The number of methoxy groups -OCH3 is 2. The second-order valence-corrected chi connectivity index (χ2v) is 10.2. The molecule has 2 aromatic carbocycles. The van der Waals surface area contributed by atoms with Crippen LogP contribution in [0.3, 0.4) is 0 Å². The van der Waals surface area contributed by atoms with Crippen molar-refractivity contribution in [2.45, 2.75) is 44.7 Å². The highest BCUT2D eigenvalue weighted by molar-refractivity contribution is 7.99. The Morgan fingerprint density at radius 2 is 1.80 bits per heavy atom. The molecule has 8 heteroatoms. The molecule has 0 saturated carbocycles. The summed E-state index contributed by atoms with van der Waals surface area (Å²) in [4.78, 5) is 17.1. The van der Waals surface area contributed by atoms with Gasteiger partial charge in [0.05, 0.1) is 31.9 Å². The van der Waals surface area contributed by atoms with Gasteiger partial charge >= 0.3 is 0 Å². The summed E-state index contributed by atoms with van der Waals surface area (Å²) < 4.78 is 26.6. The fraction of sp³-hybridized carbons (Fsp3) is 0.407. The van der Waals surface area contributed by atoms with Crippen LogP contribution in [0.5, 0.6) is 11.5 Å². The van der Waals surface area contributed by atoms with E-state index in [4.69, 9.17) is 9.47 Å². The number of nitrogens with one attached hydrogen (secondary N) is 1. The van der Waals surface area contributed by atoms with E-state index in [2.05, 4.69) is 38.0 Å². The van der Waals surface area contributed by atoms with Gasteiger partial charge in [0.25, 0.3) is 0 Å². The van der Waals surface area contributed by atoms with Crippen LogP contribution in [-0.4, -0.2) is 42.0 Å². The summed E-state index contributed by atoms with van der Waals surface area (Å²) in [5.74, 6) is 1.71. The van der Waals surface area contributed by atoms with E-state index >= 15 is 0 Å². The Morgan fingerprint density at radius 3 is 2.43 bits per heavy atom. The van der Waals surface area contributed by atoms with Crippen molar-refractivity contribution in [3.63, 3.8) is 0 Å². The minimum Gasteiger partial charge on any atom is -0.493 e. The number of rotatable bonds is 11. The van der Waals surface area contributed by atoms with E-state index < -0.39 is 5.41 Å². The topological polar surface area (TPSA) is 65.4 Å².